The zero-order valence-corrected chi connectivity index (χ0v) is 11.8. The molecule has 0 spiro atoms. The summed E-state index contributed by atoms with van der Waals surface area (Å²) < 4.78 is 30.8. The van der Waals surface area contributed by atoms with Crippen molar-refractivity contribution >= 4 is 23.3 Å². The smallest absolute Gasteiger partial charge is 0.332 e. The molecule has 1 N–H and O–H groups in total. The summed E-state index contributed by atoms with van der Waals surface area (Å²) in [6, 6.07) is 8.54. The molecule has 0 radical (unpaired) electrons. The maximum absolute atomic E-state index is 13.2. The number of hydrogen-bond acceptors (Lipinski definition) is 3. The standard InChI is InChI=1S/C15H12ClF2NO2/c1-21-15(20)14(9-2-7-13(18)12(16)8-9)19-11-5-3-10(17)4-6-11/h2-8,14,19H,1H3. The van der Waals surface area contributed by atoms with Crippen molar-refractivity contribution in [2.45, 2.75) is 6.04 Å². The first kappa shape index (κ1) is 15.3. The first-order valence-corrected chi connectivity index (χ1v) is 6.44. The van der Waals surface area contributed by atoms with Crippen molar-refractivity contribution in [1.29, 1.82) is 0 Å². The summed E-state index contributed by atoms with van der Waals surface area (Å²) in [5, 5.41) is 2.80. The first-order valence-electron chi connectivity index (χ1n) is 6.06. The fourth-order valence-corrected chi connectivity index (χ4v) is 1.99. The van der Waals surface area contributed by atoms with E-state index in [1.165, 1.54) is 49.6 Å². The summed E-state index contributed by atoms with van der Waals surface area (Å²) in [5.74, 6) is -1.53. The van der Waals surface area contributed by atoms with Crippen LogP contribution in [-0.4, -0.2) is 13.1 Å². The summed E-state index contributed by atoms with van der Waals surface area (Å²) in [6.45, 7) is 0. The number of carbonyl (C=O) groups is 1. The van der Waals surface area contributed by atoms with Gasteiger partial charge in [-0.1, -0.05) is 17.7 Å². The van der Waals surface area contributed by atoms with Crippen molar-refractivity contribution in [2.24, 2.45) is 0 Å². The molecule has 2 rings (SSSR count). The zero-order chi connectivity index (χ0) is 15.4. The van der Waals surface area contributed by atoms with E-state index in [4.69, 9.17) is 16.3 Å². The average molecular weight is 312 g/mol. The maximum atomic E-state index is 13.2. The third-order valence-corrected chi connectivity index (χ3v) is 3.16. The molecule has 0 saturated heterocycles. The quantitative estimate of drug-likeness (QED) is 0.869. The molecule has 0 amide bonds. The number of rotatable bonds is 4. The molecule has 0 aliphatic carbocycles. The Morgan fingerprint density at radius 2 is 1.86 bits per heavy atom. The van der Waals surface area contributed by atoms with E-state index in [9.17, 15) is 13.6 Å². The van der Waals surface area contributed by atoms with Gasteiger partial charge in [-0.15, -0.1) is 0 Å². The normalized spacial score (nSPS) is 11.8. The van der Waals surface area contributed by atoms with Crippen molar-refractivity contribution in [1.82, 2.24) is 0 Å². The van der Waals surface area contributed by atoms with Crippen LogP contribution in [-0.2, 0) is 9.53 Å². The predicted molar refractivity (Wildman–Crippen MR) is 76.2 cm³/mol. The molecule has 21 heavy (non-hydrogen) atoms. The molecule has 1 unspecified atom stereocenters. The number of benzene rings is 2. The van der Waals surface area contributed by atoms with E-state index < -0.39 is 17.8 Å². The van der Waals surface area contributed by atoms with E-state index >= 15 is 0 Å². The Morgan fingerprint density at radius 3 is 2.43 bits per heavy atom. The van der Waals surface area contributed by atoms with Crippen LogP contribution in [0.15, 0.2) is 42.5 Å². The van der Waals surface area contributed by atoms with E-state index in [0.29, 0.717) is 11.3 Å². The minimum absolute atomic E-state index is 0.0951. The van der Waals surface area contributed by atoms with Gasteiger partial charge in [0.15, 0.2) is 6.04 Å². The molecule has 2 aromatic carbocycles. The van der Waals surface area contributed by atoms with Gasteiger partial charge in [-0.2, -0.15) is 0 Å². The van der Waals surface area contributed by atoms with Crippen LogP contribution in [0.1, 0.15) is 11.6 Å². The van der Waals surface area contributed by atoms with Gasteiger partial charge in [0, 0.05) is 5.69 Å². The first-order chi connectivity index (χ1) is 10.0. The van der Waals surface area contributed by atoms with Crippen LogP contribution in [0.3, 0.4) is 0 Å². The molecule has 3 nitrogen and oxygen atoms in total. The molecule has 1 atom stereocenters. The van der Waals surface area contributed by atoms with Gasteiger partial charge in [0.2, 0.25) is 0 Å². The summed E-state index contributed by atoms with van der Waals surface area (Å²) in [7, 11) is 1.24. The maximum Gasteiger partial charge on any atom is 0.332 e. The Labute approximate surface area is 125 Å². The molecule has 0 fully saturated rings. The van der Waals surface area contributed by atoms with Crippen molar-refractivity contribution in [3.63, 3.8) is 0 Å². The van der Waals surface area contributed by atoms with Gasteiger partial charge < -0.3 is 10.1 Å². The van der Waals surface area contributed by atoms with Crippen LogP contribution in [0, 0.1) is 11.6 Å². The molecular weight excluding hydrogens is 300 g/mol. The van der Waals surface area contributed by atoms with Crippen molar-refractivity contribution < 1.29 is 18.3 Å². The number of hydrogen-bond donors (Lipinski definition) is 1. The third-order valence-electron chi connectivity index (χ3n) is 2.87. The molecule has 2 aromatic rings. The Bertz CT molecular complexity index is 647. The lowest BCUT2D eigenvalue weighted by Gasteiger charge is -2.18. The molecule has 110 valence electrons. The third kappa shape index (κ3) is 3.70. The van der Waals surface area contributed by atoms with Gasteiger partial charge in [0.05, 0.1) is 12.1 Å². The predicted octanol–water partition coefficient (Wildman–Crippen LogP) is 3.94. The van der Waals surface area contributed by atoms with E-state index in [-0.39, 0.29) is 10.8 Å². The van der Waals surface area contributed by atoms with E-state index in [1.54, 1.807) is 0 Å². The van der Waals surface area contributed by atoms with Crippen LogP contribution < -0.4 is 5.32 Å². The zero-order valence-electron chi connectivity index (χ0n) is 11.1. The number of carbonyl (C=O) groups excluding carboxylic acids is 1. The Balaban J connectivity index is 2.31. The van der Waals surface area contributed by atoms with E-state index in [1.807, 2.05) is 0 Å². The molecule has 0 aromatic heterocycles. The van der Waals surface area contributed by atoms with Crippen molar-refractivity contribution in [3.05, 3.63) is 64.7 Å². The van der Waals surface area contributed by atoms with Crippen LogP contribution in [0.2, 0.25) is 5.02 Å². The molecule has 0 aliphatic heterocycles. The summed E-state index contributed by atoms with van der Waals surface area (Å²) in [4.78, 5) is 11.9. The summed E-state index contributed by atoms with van der Waals surface area (Å²) >= 11 is 5.73. The second-order valence-corrected chi connectivity index (χ2v) is 4.69. The highest BCUT2D eigenvalue weighted by atomic mass is 35.5. The summed E-state index contributed by atoms with van der Waals surface area (Å²) in [6.07, 6.45) is 0. The molecule has 0 aliphatic rings. The highest BCUT2D eigenvalue weighted by molar-refractivity contribution is 6.30. The van der Waals surface area contributed by atoms with Gasteiger partial charge in [0.25, 0.3) is 0 Å². The molecule has 0 bridgehead atoms. The second kappa shape index (κ2) is 6.54. The molecule has 0 heterocycles. The summed E-state index contributed by atoms with van der Waals surface area (Å²) in [5.41, 5.74) is 0.963. The van der Waals surface area contributed by atoms with Crippen molar-refractivity contribution in [2.75, 3.05) is 12.4 Å². The number of ether oxygens (including phenoxy) is 1. The van der Waals surface area contributed by atoms with Crippen LogP contribution >= 0.6 is 11.6 Å². The van der Waals surface area contributed by atoms with E-state index in [2.05, 4.69) is 5.32 Å². The Morgan fingerprint density at radius 1 is 1.19 bits per heavy atom. The average Bonchev–Trinajstić information content (AvgIpc) is 2.49. The van der Waals surface area contributed by atoms with Crippen LogP contribution in [0.25, 0.3) is 0 Å². The van der Waals surface area contributed by atoms with Crippen LogP contribution in [0.4, 0.5) is 14.5 Å². The highest BCUT2D eigenvalue weighted by Gasteiger charge is 2.22. The minimum atomic E-state index is -0.876. The lowest BCUT2D eigenvalue weighted by molar-refractivity contribution is -0.141. The number of anilines is 1. The second-order valence-electron chi connectivity index (χ2n) is 4.28. The Hall–Kier alpha value is -2.14. The van der Waals surface area contributed by atoms with Gasteiger partial charge >= 0.3 is 5.97 Å². The minimum Gasteiger partial charge on any atom is -0.467 e. The van der Waals surface area contributed by atoms with Crippen molar-refractivity contribution in [3.8, 4) is 0 Å². The fraction of sp³-hybridized carbons (Fsp3) is 0.133. The molecule has 6 heteroatoms. The lowest BCUT2D eigenvalue weighted by Crippen LogP contribution is -2.22. The van der Waals surface area contributed by atoms with Crippen LogP contribution in [0.5, 0.6) is 0 Å². The highest BCUT2D eigenvalue weighted by Crippen LogP contribution is 2.25. The SMILES string of the molecule is COC(=O)C(Nc1ccc(F)cc1)c1ccc(F)c(Cl)c1. The van der Waals surface area contributed by atoms with Gasteiger partial charge in [0.1, 0.15) is 11.6 Å². The number of nitrogens with one attached hydrogen (secondary N) is 1. The van der Waals surface area contributed by atoms with Gasteiger partial charge in [-0.05, 0) is 42.0 Å². The number of esters is 1. The topological polar surface area (TPSA) is 38.3 Å². The number of methoxy groups -OCH3 is 1. The van der Waals surface area contributed by atoms with Gasteiger partial charge in [-0.3, -0.25) is 0 Å². The monoisotopic (exact) mass is 311 g/mol. The lowest BCUT2D eigenvalue weighted by atomic mass is 10.1. The Kier molecular flexibility index (Phi) is 4.75. The fourth-order valence-electron chi connectivity index (χ4n) is 1.80. The van der Waals surface area contributed by atoms with Gasteiger partial charge in [-0.25, -0.2) is 13.6 Å². The van der Waals surface area contributed by atoms with E-state index in [0.717, 1.165) is 0 Å². The largest absolute Gasteiger partial charge is 0.467 e. The molecular formula is C15H12ClF2NO2. The molecule has 0 saturated carbocycles. The number of halogens is 3.